The highest BCUT2D eigenvalue weighted by Crippen LogP contribution is 2.24. The van der Waals surface area contributed by atoms with Gasteiger partial charge in [0, 0.05) is 12.8 Å². The van der Waals surface area contributed by atoms with Gasteiger partial charge in [-0.25, -0.2) is 0 Å². The van der Waals surface area contributed by atoms with Crippen LogP contribution in [-0.2, 0) is 38.7 Å². The molecule has 1 rings (SSSR count). The van der Waals surface area contributed by atoms with Gasteiger partial charge in [0.2, 0.25) is 0 Å². The quantitative estimate of drug-likeness (QED) is 0.0199. The summed E-state index contributed by atoms with van der Waals surface area (Å²) in [5.41, 5.74) is 0. The van der Waals surface area contributed by atoms with Crippen LogP contribution in [0.3, 0.4) is 0 Å². The average Bonchev–Trinajstić information content (AvgIpc) is 3.26. The Hall–Kier alpha value is -3.43. The Balaban J connectivity index is 2.49. The van der Waals surface area contributed by atoms with Crippen molar-refractivity contribution in [1.29, 1.82) is 0 Å². The number of unbranched alkanes of at least 4 members (excludes halogenated alkanes) is 10. The molecule has 12 nitrogen and oxygen atoms in total. The van der Waals surface area contributed by atoms with Gasteiger partial charge in [-0.1, -0.05) is 156 Å². The van der Waals surface area contributed by atoms with E-state index in [2.05, 4.69) is 92.8 Å². The van der Waals surface area contributed by atoms with Gasteiger partial charge in [-0.05, 0) is 83.5 Å². The molecule has 0 aromatic rings. The van der Waals surface area contributed by atoms with E-state index in [1.807, 2.05) is 18.2 Å². The molecular formula is C51H82O12S. The van der Waals surface area contributed by atoms with E-state index in [-0.39, 0.29) is 19.4 Å². The van der Waals surface area contributed by atoms with Crippen molar-refractivity contribution in [2.24, 2.45) is 0 Å². The normalized spacial score (nSPS) is 20.5. The third-order valence-electron chi connectivity index (χ3n) is 10.2. The number of aliphatic hydroxyl groups is 3. The SMILES string of the molecule is CC/C=C/C/C=C/C/C=C/C/C=C/C/C=C/C/C=C/CCC(=O)O[C@H](COC(=O)CCCCCCCCC/C=C/C/C=C/CCCCC)CO[C@H]1O[C@H](CS(=O)(=O)O)[C@@H](O)C(O)C1O. The fraction of sp³-hybridized carbons (Fsp3) is 0.647. The molecule has 4 N–H and O–H groups in total. The first-order chi connectivity index (χ1) is 31.0. The summed E-state index contributed by atoms with van der Waals surface area (Å²) in [5.74, 6) is -2.12. The molecule has 2 unspecified atom stereocenters. The van der Waals surface area contributed by atoms with Crippen molar-refractivity contribution < 1.29 is 56.8 Å². The van der Waals surface area contributed by atoms with E-state index in [1.54, 1.807) is 0 Å². The molecule has 0 aromatic carbocycles. The van der Waals surface area contributed by atoms with E-state index in [4.69, 9.17) is 18.9 Å². The monoisotopic (exact) mass is 919 g/mol. The van der Waals surface area contributed by atoms with Crippen molar-refractivity contribution in [3.8, 4) is 0 Å². The first-order valence-corrected chi connectivity index (χ1v) is 25.4. The summed E-state index contributed by atoms with van der Waals surface area (Å²) >= 11 is 0. The molecule has 13 heteroatoms. The van der Waals surface area contributed by atoms with Crippen LogP contribution in [0.2, 0.25) is 0 Å². The lowest BCUT2D eigenvalue weighted by atomic mass is 10.00. The van der Waals surface area contributed by atoms with E-state index in [0.29, 0.717) is 19.3 Å². The molecule has 0 radical (unpaired) electrons. The second-order valence-electron chi connectivity index (χ2n) is 16.0. The molecule has 1 heterocycles. The summed E-state index contributed by atoms with van der Waals surface area (Å²) < 4.78 is 54.0. The zero-order chi connectivity index (χ0) is 46.9. The van der Waals surface area contributed by atoms with Crippen molar-refractivity contribution >= 4 is 22.1 Å². The summed E-state index contributed by atoms with van der Waals surface area (Å²) in [6.45, 7) is 3.54. The maximum atomic E-state index is 12.8. The highest BCUT2D eigenvalue weighted by molar-refractivity contribution is 7.85. The molecular weight excluding hydrogens is 837 g/mol. The average molecular weight is 919 g/mol. The number of ether oxygens (including phenoxy) is 4. The third kappa shape index (κ3) is 34.0. The van der Waals surface area contributed by atoms with Gasteiger partial charge < -0.3 is 34.3 Å². The number of hydrogen-bond acceptors (Lipinski definition) is 11. The van der Waals surface area contributed by atoms with Crippen LogP contribution < -0.4 is 0 Å². The molecule has 0 saturated carbocycles. The maximum absolute atomic E-state index is 12.8. The number of esters is 2. The Morgan fingerprint density at radius 3 is 1.53 bits per heavy atom. The first kappa shape index (κ1) is 58.6. The first-order valence-electron chi connectivity index (χ1n) is 23.8. The Labute approximate surface area is 385 Å². The molecule has 64 heavy (non-hydrogen) atoms. The van der Waals surface area contributed by atoms with Crippen LogP contribution in [0.5, 0.6) is 0 Å². The zero-order valence-corrected chi connectivity index (χ0v) is 39.7. The number of carbonyl (C=O) groups excluding carboxylic acids is 2. The smallest absolute Gasteiger partial charge is 0.306 e. The fourth-order valence-corrected chi connectivity index (χ4v) is 7.19. The topological polar surface area (TPSA) is 186 Å². The number of hydrogen-bond donors (Lipinski definition) is 4. The summed E-state index contributed by atoms with van der Waals surface area (Å²) in [6.07, 6.45) is 44.6. The molecule has 1 aliphatic rings. The lowest BCUT2D eigenvalue weighted by Crippen LogP contribution is -2.60. The number of allylic oxidation sites excluding steroid dienone is 16. The number of aliphatic hydroxyl groups excluding tert-OH is 3. The fourth-order valence-electron chi connectivity index (χ4n) is 6.50. The highest BCUT2D eigenvalue weighted by Gasteiger charge is 2.46. The van der Waals surface area contributed by atoms with Crippen LogP contribution in [0.4, 0.5) is 0 Å². The minimum Gasteiger partial charge on any atom is -0.462 e. The van der Waals surface area contributed by atoms with Gasteiger partial charge in [0.15, 0.2) is 12.4 Å². The lowest BCUT2D eigenvalue weighted by molar-refractivity contribution is -0.297. The summed E-state index contributed by atoms with van der Waals surface area (Å²) in [6, 6.07) is 0. The predicted octanol–water partition coefficient (Wildman–Crippen LogP) is 10.2. The molecule has 364 valence electrons. The molecule has 1 aliphatic heterocycles. The van der Waals surface area contributed by atoms with Gasteiger partial charge in [-0.3, -0.25) is 14.1 Å². The molecule has 6 atom stereocenters. The van der Waals surface area contributed by atoms with Crippen molar-refractivity contribution in [2.45, 2.75) is 192 Å². The highest BCUT2D eigenvalue weighted by atomic mass is 32.2. The van der Waals surface area contributed by atoms with Gasteiger partial charge in [0.05, 0.1) is 6.61 Å². The van der Waals surface area contributed by atoms with Gasteiger partial charge in [-0.2, -0.15) is 8.42 Å². The molecule has 1 fully saturated rings. The molecule has 1 saturated heterocycles. The standard InChI is InChI=1S/C51H82O12S/c1-3-5-7-9-11-13-15-17-19-21-22-24-26-28-30-32-34-36-38-40-47(53)62-44(42-61-51-50(56)49(55)48(54)45(63-51)43-64(57,58)59)41-60-46(52)39-37-35-33-31-29-27-25-23-20-18-16-14-12-10-8-6-4-2/h5,7,11-14,17-20,22,24,28,30,34,36,44-45,48-51,54-56H,3-4,6,8-10,15-16,21,23,25-27,29,31-33,35,37-43H2,1-2H3,(H,57,58,59)/b7-5+,13-11+,14-12+,19-17+,20-18+,24-22+,30-28+,36-34+/t44-,45-,48-,49?,50?,51+/m1/s1. The number of carbonyl (C=O) groups is 2. The van der Waals surface area contributed by atoms with Crippen LogP contribution in [0.1, 0.15) is 155 Å². The summed E-state index contributed by atoms with van der Waals surface area (Å²) in [5, 5.41) is 30.9. The summed E-state index contributed by atoms with van der Waals surface area (Å²) in [4.78, 5) is 25.4. The minimum atomic E-state index is -4.62. The Morgan fingerprint density at radius 2 is 1.02 bits per heavy atom. The summed E-state index contributed by atoms with van der Waals surface area (Å²) in [7, 11) is -4.62. The van der Waals surface area contributed by atoms with Gasteiger partial charge in [0.1, 0.15) is 36.8 Å². The molecule has 0 aromatic heterocycles. The second-order valence-corrected chi connectivity index (χ2v) is 17.5. The van der Waals surface area contributed by atoms with Crippen molar-refractivity contribution in [2.75, 3.05) is 19.0 Å². The van der Waals surface area contributed by atoms with E-state index in [0.717, 1.165) is 70.6 Å². The van der Waals surface area contributed by atoms with Gasteiger partial charge >= 0.3 is 11.9 Å². The Kier molecular flexibility index (Phi) is 36.5. The largest absolute Gasteiger partial charge is 0.462 e. The maximum Gasteiger partial charge on any atom is 0.306 e. The van der Waals surface area contributed by atoms with Crippen LogP contribution in [0.25, 0.3) is 0 Å². The zero-order valence-electron chi connectivity index (χ0n) is 38.8. The third-order valence-corrected chi connectivity index (χ3v) is 10.9. The van der Waals surface area contributed by atoms with E-state index < -0.39 is 71.2 Å². The van der Waals surface area contributed by atoms with Gasteiger partial charge in [-0.15, -0.1) is 0 Å². The number of rotatable bonds is 38. The molecule has 0 amide bonds. The van der Waals surface area contributed by atoms with Crippen molar-refractivity contribution in [3.63, 3.8) is 0 Å². The van der Waals surface area contributed by atoms with Crippen LogP contribution in [0, 0.1) is 0 Å². The van der Waals surface area contributed by atoms with Gasteiger partial charge in [0.25, 0.3) is 10.1 Å². The van der Waals surface area contributed by atoms with E-state index >= 15 is 0 Å². The Bertz CT molecular complexity index is 1540. The minimum absolute atomic E-state index is 0.0318. The molecule has 0 bridgehead atoms. The van der Waals surface area contributed by atoms with Crippen LogP contribution >= 0.6 is 0 Å². The molecule has 0 spiro atoms. The van der Waals surface area contributed by atoms with E-state index in [9.17, 15) is 37.9 Å². The van der Waals surface area contributed by atoms with Crippen LogP contribution in [-0.4, -0.2) is 96.0 Å². The Morgan fingerprint density at radius 1 is 0.547 bits per heavy atom. The van der Waals surface area contributed by atoms with E-state index in [1.165, 1.54) is 38.5 Å². The molecule has 0 aliphatic carbocycles. The predicted molar refractivity (Wildman–Crippen MR) is 256 cm³/mol. The van der Waals surface area contributed by atoms with Crippen molar-refractivity contribution in [1.82, 2.24) is 0 Å². The lowest BCUT2D eigenvalue weighted by Gasteiger charge is -2.40. The van der Waals surface area contributed by atoms with Crippen molar-refractivity contribution in [3.05, 3.63) is 97.2 Å². The van der Waals surface area contributed by atoms with Crippen LogP contribution in [0.15, 0.2) is 97.2 Å². The second kappa shape index (κ2) is 39.9.